The molecule has 0 radical (unpaired) electrons. The van der Waals surface area contributed by atoms with Crippen LogP contribution in [0.4, 0.5) is 9.59 Å². The van der Waals surface area contributed by atoms with Crippen LogP contribution in [0.15, 0.2) is 9.59 Å². The molecule has 2 heterocycles. The number of aryl methyl sites for hydroxylation is 1. The summed E-state index contributed by atoms with van der Waals surface area (Å²) in [6.45, 7) is 8.20. The lowest BCUT2D eigenvalue weighted by Crippen LogP contribution is -2.49. The summed E-state index contributed by atoms with van der Waals surface area (Å²) >= 11 is 1.10. The van der Waals surface area contributed by atoms with Crippen LogP contribution >= 0.6 is 11.3 Å². The Morgan fingerprint density at radius 3 is 2.47 bits per heavy atom. The van der Waals surface area contributed by atoms with Gasteiger partial charge in [0.2, 0.25) is 0 Å². The van der Waals surface area contributed by atoms with Crippen LogP contribution in [0.2, 0.25) is 0 Å². The molecule has 0 atom stereocenters. The van der Waals surface area contributed by atoms with Gasteiger partial charge in [0, 0.05) is 4.88 Å². The predicted molar refractivity (Wildman–Crippen MR) is 118 cm³/mol. The quantitative estimate of drug-likeness (QED) is 0.662. The molecule has 0 spiro atoms. The highest BCUT2D eigenvalue weighted by atomic mass is 32.1. The second kappa shape index (κ2) is 7.98. The van der Waals surface area contributed by atoms with Crippen molar-refractivity contribution in [1.29, 1.82) is 5.26 Å². The normalized spacial score (nSPS) is 14.6. The van der Waals surface area contributed by atoms with E-state index in [0.29, 0.717) is 33.5 Å². The zero-order valence-corrected chi connectivity index (χ0v) is 19.5. The SMILES string of the molecule is Cc1c(CN(NC(=O)OC(C)(C)C)C(N)=O)sc2c1c(=O)n(C1(C)CC1)c(=O)n2CC#N. The topological polar surface area (TPSA) is 152 Å². The maximum atomic E-state index is 13.3. The molecule has 0 aliphatic heterocycles. The molecule has 172 valence electrons. The number of hydrogen-bond donors (Lipinski definition) is 2. The molecular formula is C20H26N6O5S. The van der Waals surface area contributed by atoms with Crippen LogP contribution in [0.3, 0.4) is 0 Å². The van der Waals surface area contributed by atoms with Crippen molar-refractivity contribution in [2.45, 2.75) is 71.7 Å². The molecule has 3 N–H and O–H groups in total. The van der Waals surface area contributed by atoms with Crippen LogP contribution in [0.25, 0.3) is 10.2 Å². The Bertz CT molecular complexity index is 1250. The molecule has 3 rings (SSSR count). The molecule has 1 aliphatic carbocycles. The summed E-state index contributed by atoms with van der Waals surface area (Å²) in [7, 11) is 0. The van der Waals surface area contributed by atoms with Gasteiger partial charge in [0.25, 0.3) is 5.56 Å². The molecule has 0 aromatic carbocycles. The standard InChI is InChI=1S/C20H26N6O5S/c1-11-12(10-25(16(22)28)23-17(29)31-19(2,3)4)32-15-13(11)14(27)26(20(5)6-7-20)18(30)24(15)9-8-21/h6-7,9-10H2,1-5H3,(H2,22,28)(H,23,29). The van der Waals surface area contributed by atoms with Gasteiger partial charge in [-0.05, 0) is 53.0 Å². The molecule has 0 saturated heterocycles. The number of aromatic nitrogens is 2. The number of nitrogens with one attached hydrogen (secondary N) is 1. The molecule has 0 unspecified atom stereocenters. The number of nitriles is 1. The Kier molecular flexibility index (Phi) is 5.82. The summed E-state index contributed by atoms with van der Waals surface area (Å²) in [6, 6.07) is 1.04. The number of carbonyl (C=O) groups excluding carboxylic acids is 2. The Morgan fingerprint density at radius 1 is 1.34 bits per heavy atom. The zero-order chi connectivity index (χ0) is 24.0. The minimum atomic E-state index is -0.926. The van der Waals surface area contributed by atoms with E-state index in [9.17, 15) is 24.4 Å². The van der Waals surface area contributed by atoms with Crippen molar-refractivity contribution in [3.63, 3.8) is 0 Å². The van der Waals surface area contributed by atoms with Gasteiger partial charge in [-0.25, -0.2) is 24.8 Å². The number of carbonyl (C=O) groups is 2. The third-order valence-corrected chi connectivity index (χ3v) is 6.55. The van der Waals surface area contributed by atoms with Crippen molar-refractivity contribution in [3.8, 4) is 6.07 Å². The van der Waals surface area contributed by atoms with E-state index in [0.717, 1.165) is 16.3 Å². The molecule has 2 aromatic heterocycles. The number of nitrogens with zero attached hydrogens (tertiary/aromatic N) is 4. The van der Waals surface area contributed by atoms with Gasteiger partial charge in [0.15, 0.2) is 0 Å². The maximum absolute atomic E-state index is 13.3. The molecule has 1 saturated carbocycles. The van der Waals surface area contributed by atoms with Gasteiger partial charge < -0.3 is 10.5 Å². The number of fused-ring (bicyclic) bond motifs is 1. The molecule has 1 fully saturated rings. The first-order chi connectivity index (χ1) is 14.8. The van der Waals surface area contributed by atoms with E-state index in [4.69, 9.17) is 10.5 Å². The third kappa shape index (κ3) is 4.34. The Labute approximate surface area is 187 Å². The largest absolute Gasteiger partial charge is 0.443 e. The molecule has 2 aromatic rings. The average Bonchev–Trinajstić information content (AvgIpc) is 3.30. The molecule has 11 nitrogen and oxygen atoms in total. The summed E-state index contributed by atoms with van der Waals surface area (Å²) in [6.07, 6.45) is 0.539. The summed E-state index contributed by atoms with van der Waals surface area (Å²) < 4.78 is 7.66. The van der Waals surface area contributed by atoms with Crippen LogP contribution in [0, 0.1) is 18.3 Å². The zero-order valence-electron chi connectivity index (χ0n) is 18.6. The number of urea groups is 1. The maximum Gasteiger partial charge on any atom is 0.426 e. The number of rotatable bonds is 4. The van der Waals surface area contributed by atoms with Crippen molar-refractivity contribution < 1.29 is 14.3 Å². The molecule has 12 heteroatoms. The van der Waals surface area contributed by atoms with Crippen LogP contribution in [-0.2, 0) is 23.4 Å². The van der Waals surface area contributed by atoms with Crippen LogP contribution in [0.5, 0.6) is 0 Å². The minimum Gasteiger partial charge on any atom is -0.443 e. The predicted octanol–water partition coefficient (Wildman–Crippen LogP) is 1.89. The smallest absolute Gasteiger partial charge is 0.426 e. The van der Waals surface area contributed by atoms with Gasteiger partial charge in [-0.1, -0.05) is 0 Å². The van der Waals surface area contributed by atoms with Crippen molar-refractivity contribution in [2.75, 3.05) is 0 Å². The van der Waals surface area contributed by atoms with E-state index >= 15 is 0 Å². The van der Waals surface area contributed by atoms with Gasteiger partial charge in [-0.2, -0.15) is 5.26 Å². The second-order valence-electron chi connectivity index (χ2n) is 9.03. The van der Waals surface area contributed by atoms with E-state index in [-0.39, 0.29) is 13.1 Å². The lowest BCUT2D eigenvalue weighted by molar-refractivity contribution is 0.0376. The Morgan fingerprint density at radius 2 is 1.97 bits per heavy atom. The number of thiophene rings is 1. The van der Waals surface area contributed by atoms with Crippen LogP contribution < -0.4 is 22.4 Å². The van der Waals surface area contributed by atoms with Gasteiger partial charge >= 0.3 is 17.8 Å². The van der Waals surface area contributed by atoms with E-state index < -0.39 is 34.5 Å². The minimum absolute atomic E-state index is 0.142. The van der Waals surface area contributed by atoms with E-state index in [2.05, 4.69) is 5.43 Å². The summed E-state index contributed by atoms with van der Waals surface area (Å²) in [5.74, 6) is 0. The van der Waals surface area contributed by atoms with Gasteiger partial charge in [0.05, 0.1) is 23.5 Å². The Balaban J connectivity index is 2.08. The van der Waals surface area contributed by atoms with Crippen LogP contribution in [0.1, 0.15) is 51.0 Å². The van der Waals surface area contributed by atoms with Crippen molar-refractivity contribution in [1.82, 2.24) is 19.6 Å². The first-order valence-electron chi connectivity index (χ1n) is 10.0. The van der Waals surface area contributed by atoms with Crippen LogP contribution in [-0.4, -0.2) is 31.9 Å². The summed E-state index contributed by atoms with van der Waals surface area (Å²) in [4.78, 5) is 51.2. The molecule has 1 aliphatic rings. The van der Waals surface area contributed by atoms with Gasteiger partial charge in [0.1, 0.15) is 17.0 Å². The number of ether oxygens (including phenoxy) is 1. The van der Waals surface area contributed by atoms with Crippen molar-refractivity contribution in [2.24, 2.45) is 5.73 Å². The third-order valence-electron chi connectivity index (χ3n) is 5.25. The van der Waals surface area contributed by atoms with E-state index in [1.807, 2.05) is 13.0 Å². The van der Waals surface area contributed by atoms with E-state index in [1.165, 1.54) is 9.13 Å². The highest BCUT2D eigenvalue weighted by Gasteiger charge is 2.43. The van der Waals surface area contributed by atoms with Crippen molar-refractivity contribution in [3.05, 3.63) is 31.3 Å². The Hall–Kier alpha value is -3.33. The lowest BCUT2D eigenvalue weighted by atomic mass is 10.2. The molecule has 32 heavy (non-hydrogen) atoms. The summed E-state index contributed by atoms with van der Waals surface area (Å²) in [5, 5.41) is 10.4. The fourth-order valence-electron chi connectivity index (χ4n) is 3.36. The second-order valence-corrected chi connectivity index (χ2v) is 10.1. The lowest BCUT2D eigenvalue weighted by Gasteiger charge is -2.24. The fourth-order valence-corrected chi connectivity index (χ4v) is 4.64. The van der Waals surface area contributed by atoms with E-state index in [1.54, 1.807) is 27.7 Å². The van der Waals surface area contributed by atoms with Gasteiger partial charge in [-0.15, -0.1) is 11.3 Å². The molecule has 0 bridgehead atoms. The highest BCUT2D eigenvalue weighted by Crippen LogP contribution is 2.41. The highest BCUT2D eigenvalue weighted by molar-refractivity contribution is 7.18. The van der Waals surface area contributed by atoms with Gasteiger partial charge in [-0.3, -0.25) is 13.9 Å². The number of hydrogen-bond acceptors (Lipinski definition) is 7. The first-order valence-corrected chi connectivity index (χ1v) is 10.8. The molecular weight excluding hydrogens is 436 g/mol. The number of amides is 3. The average molecular weight is 463 g/mol. The number of hydrazine groups is 1. The first kappa shape index (κ1) is 23.3. The monoisotopic (exact) mass is 462 g/mol. The molecule has 3 amide bonds. The fraction of sp³-hybridized carbons (Fsp3) is 0.550. The van der Waals surface area contributed by atoms with Crippen molar-refractivity contribution >= 4 is 33.7 Å². The summed E-state index contributed by atoms with van der Waals surface area (Å²) in [5.41, 5.74) is 5.98. The number of primary amides is 1. The number of nitrogens with two attached hydrogens (primary N) is 1.